The lowest BCUT2D eigenvalue weighted by Gasteiger charge is -2.14. The van der Waals surface area contributed by atoms with Gasteiger partial charge in [0.05, 0.1) is 5.52 Å². The maximum Gasteiger partial charge on any atom is 0.108 e. The Balaban J connectivity index is 2.08. The van der Waals surface area contributed by atoms with Gasteiger partial charge >= 0.3 is 0 Å². The van der Waals surface area contributed by atoms with Crippen LogP contribution in [0.15, 0.2) is 52.3 Å². The minimum atomic E-state index is 1.09. The second-order valence-corrected chi connectivity index (χ2v) is 6.68. The van der Waals surface area contributed by atoms with E-state index in [1.54, 1.807) is 0 Å². The topological polar surface area (TPSA) is 4.93 Å². The van der Waals surface area contributed by atoms with Crippen LogP contribution in [0.5, 0.6) is 0 Å². The van der Waals surface area contributed by atoms with Gasteiger partial charge in [0.15, 0.2) is 0 Å². The van der Waals surface area contributed by atoms with Crippen LogP contribution in [-0.4, -0.2) is 4.57 Å². The molecule has 3 heteroatoms. The van der Waals surface area contributed by atoms with E-state index in [9.17, 15) is 0 Å². The van der Waals surface area contributed by atoms with Crippen LogP contribution in [0, 0.1) is 0 Å². The van der Waals surface area contributed by atoms with Gasteiger partial charge in [-0.05, 0) is 40.9 Å². The Morgan fingerprint density at radius 1 is 1.00 bits per heavy atom. The average molecular weight is 330 g/mol. The third-order valence-electron chi connectivity index (χ3n) is 3.65. The molecule has 1 aliphatic carbocycles. The van der Waals surface area contributed by atoms with Gasteiger partial charge in [-0.2, -0.15) is 0 Å². The Hall–Kier alpha value is -1.32. The molecular formula is C16H12BrNS. The van der Waals surface area contributed by atoms with Crippen molar-refractivity contribution in [2.45, 2.75) is 12.8 Å². The van der Waals surface area contributed by atoms with Crippen molar-refractivity contribution in [3.05, 3.63) is 52.3 Å². The predicted octanol–water partition coefficient (Wildman–Crippen LogP) is 5.77. The summed E-state index contributed by atoms with van der Waals surface area (Å²) in [6.45, 7) is 0. The molecule has 0 saturated carbocycles. The van der Waals surface area contributed by atoms with Crippen molar-refractivity contribution in [2.24, 2.45) is 0 Å². The molecule has 3 aromatic rings. The molecule has 94 valence electrons. The number of halogens is 1. The molecule has 0 unspecified atom stereocenters. The lowest BCUT2D eigenvalue weighted by Crippen LogP contribution is -1.98. The maximum atomic E-state index is 3.58. The number of hydrogen-bond acceptors (Lipinski definition) is 1. The lowest BCUT2D eigenvalue weighted by molar-refractivity contribution is 0.974. The molecule has 0 fully saturated rings. The molecule has 0 amide bonds. The summed E-state index contributed by atoms with van der Waals surface area (Å²) < 4.78 is 3.71. The third-order valence-corrected chi connectivity index (χ3v) is 5.21. The summed E-state index contributed by atoms with van der Waals surface area (Å²) in [6, 6.07) is 10.9. The highest BCUT2D eigenvalue weighted by Gasteiger charge is 2.15. The largest absolute Gasteiger partial charge is 0.305 e. The van der Waals surface area contributed by atoms with Crippen molar-refractivity contribution in [3.8, 4) is 0 Å². The monoisotopic (exact) mass is 329 g/mol. The van der Waals surface area contributed by atoms with Crippen LogP contribution in [0.3, 0.4) is 0 Å². The number of para-hydroxylation sites is 1. The van der Waals surface area contributed by atoms with Crippen molar-refractivity contribution in [3.63, 3.8) is 0 Å². The molecule has 2 aromatic heterocycles. The molecule has 1 nitrogen and oxygen atoms in total. The number of thiophene rings is 1. The van der Waals surface area contributed by atoms with Gasteiger partial charge in [0.25, 0.3) is 0 Å². The quantitative estimate of drug-likeness (QED) is 0.534. The standard InChI is InChI=1S/C16H12BrNS/c17-11-5-7-12(8-6-11)18-15-4-2-1-3-13(15)14-9-10-19-16(14)18/h1-5,7,9-10H,6,8H2. The summed E-state index contributed by atoms with van der Waals surface area (Å²) in [5.74, 6) is 0. The average Bonchev–Trinajstić information content (AvgIpc) is 3.00. The number of benzene rings is 1. The first-order chi connectivity index (χ1) is 9.34. The minimum Gasteiger partial charge on any atom is -0.305 e. The molecule has 0 radical (unpaired) electrons. The molecule has 0 bridgehead atoms. The molecule has 1 aromatic carbocycles. The molecule has 0 saturated heterocycles. The van der Waals surface area contributed by atoms with Crippen LogP contribution in [0.2, 0.25) is 0 Å². The Morgan fingerprint density at radius 3 is 2.74 bits per heavy atom. The highest BCUT2D eigenvalue weighted by Crippen LogP contribution is 2.37. The second-order valence-electron chi connectivity index (χ2n) is 4.76. The molecular weight excluding hydrogens is 318 g/mol. The van der Waals surface area contributed by atoms with Gasteiger partial charge in [-0.1, -0.05) is 40.2 Å². The molecule has 19 heavy (non-hydrogen) atoms. The molecule has 0 N–H and O–H groups in total. The van der Waals surface area contributed by atoms with Crippen molar-refractivity contribution in [1.82, 2.24) is 4.57 Å². The van der Waals surface area contributed by atoms with Crippen LogP contribution in [0.4, 0.5) is 0 Å². The van der Waals surface area contributed by atoms with Gasteiger partial charge in [-0.25, -0.2) is 0 Å². The highest BCUT2D eigenvalue weighted by molar-refractivity contribution is 9.11. The second kappa shape index (κ2) is 4.36. The molecule has 4 rings (SSSR count). The predicted molar refractivity (Wildman–Crippen MR) is 87.8 cm³/mol. The van der Waals surface area contributed by atoms with Crippen LogP contribution in [-0.2, 0) is 0 Å². The van der Waals surface area contributed by atoms with Gasteiger partial charge in [0, 0.05) is 16.5 Å². The zero-order valence-corrected chi connectivity index (χ0v) is 12.7. The number of fused-ring (bicyclic) bond motifs is 3. The fourth-order valence-corrected chi connectivity index (χ4v) is 4.05. The molecule has 2 heterocycles. The number of allylic oxidation sites excluding steroid dienone is 4. The maximum absolute atomic E-state index is 3.58. The molecule has 0 spiro atoms. The number of nitrogens with zero attached hydrogens (tertiary/aromatic N) is 1. The summed E-state index contributed by atoms with van der Waals surface area (Å²) >= 11 is 5.40. The van der Waals surface area contributed by atoms with E-state index < -0.39 is 0 Å². The zero-order valence-electron chi connectivity index (χ0n) is 10.3. The first kappa shape index (κ1) is 11.5. The fraction of sp³-hybridized carbons (Fsp3) is 0.125. The van der Waals surface area contributed by atoms with Crippen LogP contribution in [0.1, 0.15) is 12.8 Å². The summed E-state index contributed by atoms with van der Waals surface area (Å²) in [7, 11) is 0. The Morgan fingerprint density at radius 2 is 1.89 bits per heavy atom. The minimum absolute atomic E-state index is 1.09. The lowest BCUT2D eigenvalue weighted by atomic mass is 10.1. The van der Waals surface area contributed by atoms with Crippen LogP contribution >= 0.6 is 27.3 Å². The van der Waals surface area contributed by atoms with Crippen LogP contribution in [0.25, 0.3) is 26.8 Å². The number of rotatable bonds is 1. The molecule has 0 aliphatic heterocycles. The first-order valence-corrected chi connectivity index (χ1v) is 8.04. The van der Waals surface area contributed by atoms with Crippen molar-refractivity contribution < 1.29 is 0 Å². The normalized spacial score (nSPS) is 15.8. The van der Waals surface area contributed by atoms with Gasteiger partial charge < -0.3 is 4.57 Å². The van der Waals surface area contributed by atoms with E-state index in [0.29, 0.717) is 0 Å². The summed E-state index contributed by atoms with van der Waals surface area (Å²) in [5, 5.41) is 4.91. The highest BCUT2D eigenvalue weighted by atomic mass is 79.9. The molecule has 0 atom stereocenters. The van der Waals surface area contributed by atoms with E-state index in [2.05, 4.69) is 68.4 Å². The summed E-state index contributed by atoms with van der Waals surface area (Å²) in [5.41, 5.74) is 2.71. The van der Waals surface area contributed by atoms with E-state index >= 15 is 0 Å². The van der Waals surface area contributed by atoms with Crippen LogP contribution < -0.4 is 0 Å². The van der Waals surface area contributed by atoms with E-state index in [4.69, 9.17) is 0 Å². The van der Waals surface area contributed by atoms with Gasteiger partial charge in [0.1, 0.15) is 4.83 Å². The van der Waals surface area contributed by atoms with Gasteiger partial charge in [-0.3, -0.25) is 0 Å². The Labute approximate surface area is 124 Å². The van der Waals surface area contributed by atoms with Gasteiger partial charge in [-0.15, -0.1) is 11.3 Å². The first-order valence-electron chi connectivity index (χ1n) is 6.37. The van der Waals surface area contributed by atoms with E-state index in [0.717, 1.165) is 12.8 Å². The number of hydrogen-bond donors (Lipinski definition) is 0. The third kappa shape index (κ3) is 1.72. The van der Waals surface area contributed by atoms with E-state index in [1.807, 2.05) is 11.3 Å². The van der Waals surface area contributed by atoms with Gasteiger partial charge in [0.2, 0.25) is 0 Å². The van der Waals surface area contributed by atoms with Crippen molar-refractivity contribution in [2.75, 3.05) is 0 Å². The fourth-order valence-electron chi connectivity index (χ4n) is 2.76. The molecule has 1 aliphatic rings. The summed E-state index contributed by atoms with van der Waals surface area (Å²) in [6.07, 6.45) is 6.58. The van der Waals surface area contributed by atoms with E-state index in [-0.39, 0.29) is 0 Å². The van der Waals surface area contributed by atoms with Crippen molar-refractivity contribution >= 4 is 54.1 Å². The SMILES string of the molecule is BrC1=CC=C(n2c3ccccc3c3ccsc32)CC1. The smallest absolute Gasteiger partial charge is 0.108 e. The zero-order chi connectivity index (χ0) is 12.8. The van der Waals surface area contributed by atoms with E-state index in [1.165, 1.54) is 31.3 Å². The Bertz CT molecular complexity index is 835. The number of aromatic nitrogens is 1. The van der Waals surface area contributed by atoms with Crippen molar-refractivity contribution in [1.29, 1.82) is 0 Å². The summed E-state index contributed by atoms with van der Waals surface area (Å²) in [4.78, 5) is 1.36. The Kier molecular flexibility index (Phi) is 2.64.